The first-order valence-electron chi connectivity index (χ1n) is 6.65. The summed E-state index contributed by atoms with van der Waals surface area (Å²) in [6.07, 6.45) is 1.56. The van der Waals surface area contributed by atoms with Gasteiger partial charge in [-0.25, -0.2) is 14.8 Å². The van der Waals surface area contributed by atoms with Gasteiger partial charge in [0.25, 0.3) is 0 Å². The van der Waals surface area contributed by atoms with Crippen molar-refractivity contribution < 1.29 is 9.90 Å². The predicted molar refractivity (Wildman–Crippen MR) is 95.0 cm³/mol. The molecule has 0 unspecified atom stereocenters. The van der Waals surface area contributed by atoms with Gasteiger partial charge in [-0.1, -0.05) is 0 Å². The number of benzene rings is 1. The molecule has 24 heavy (non-hydrogen) atoms. The molecule has 0 aliphatic carbocycles. The number of halogens is 1. The van der Waals surface area contributed by atoms with Crippen LogP contribution in [-0.2, 0) is 6.54 Å². The lowest BCUT2D eigenvalue weighted by Crippen LogP contribution is -2.07. The Bertz CT molecular complexity index is 886. The Morgan fingerprint density at radius 2 is 1.83 bits per heavy atom. The molecule has 0 atom stereocenters. The first kappa shape index (κ1) is 17.3. The number of hydrogen-bond donors (Lipinski definition) is 4. The van der Waals surface area contributed by atoms with E-state index >= 15 is 0 Å². The average Bonchev–Trinajstić information content (AvgIpc) is 2.53. The van der Waals surface area contributed by atoms with E-state index in [0.717, 1.165) is 5.69 Å². The van der Waals surface area contributed by atoms with Crippen LogP contribution in [0.3, 0.4) is 0 Å². The summed E-state index contributed by atoms with van der Waals surface area (Å²) in [6.45, 7) is 0.388. The van der Waals surface area contributed by atoms with Crippen molar-refractivity contribution in [3.05, 3.63) is 41.7 Å². The van der Waals surface area contributed by atoms with Gasteiger partial charge in [0.05, 0.1) is 24.0 Å². The molecule has 0 bridgehead atoms. The molecule has 2 aromatic heterocycles. The van der Waals surface area contributed by atoms with E-state index in [2.05, 4.69) is 25.3 Å². The molecule has 3 rings (SSSR count). The Balaban J connectivity index is 0.00000208. The monoisotopic (exact) mass is 391 g/mol. The number of carbonyl (C=O) groups is 1. The topological polar surface area (TPSA) is 153 Å². The number of nitrogens with one attached hydrogen (secondary N) is 1. The highest BCUT2D eigenvalue weighted by Crippen LogP contribution is 2.15. The normalized spacial score (nSPS) is 10.2. The summed E-state index contributed by atoms with van der Waals surface area (Å²) in [4.78, 5) is 27.1. The minimum absolute atomic E-state index is 0. The number of aromatic carboxylic acids is 1. The maximum absolute atomic E-state index is 10.8. The number of anilines is 3. The minimum Gasteiger partial charge on any atom is -0.478 e. The third-order valence-electron chi connectivity index (χ3n) is 3.11. The van der Waals surface area contributed by atoms with Gasteiger partial charge in [-0.3, -0.25) is 0 Å². The Hall–Kier alpha value is -3.01. The SMILES string of the molecule is Br.Nc1nc(N)c2nc(CNc3ccc(C(=O)O)cc3)cnc2n1. The van der Waals surface area contributed by atoms with Gasteiger partial charge in [-0.2, -0.15) is 9.97 Å². The third kappa shape index (κ3) is 3.66. The van der Waals surface area contributed by atoms with E-state index in [1.165, 1.54) is 12.1 Å². The van der Waals surface area contributed by atoms with Crippen molar-refractivity contribution in [1.29, 1.82) is 0 Å². The molecule has 6 N–H and O–H groups in total. The van der Waals surface area contributed by atoms with E-state index in [0.29, 0.717) is 23.4 Å². The maximum atomic E-state index is 10.8. The fourth-order valence-corrected chi connectivity index (χ4v) is 1.99. The summed E-state index contributed by atoms with van der Waals surface area (Å²) in [6, 6.07) is 6.39. The van der Waals surface area contributed by atoms with Crippen molar-refractivity contribution in [1.82, 2.24) is 19.9 Å². The Morgan fingerprint density at radius 3 is 2.50 bits per heavy atom. The molecule has 0 radical (unpaired) electrons. The maximum Gasteiger partial charge on any atom is 0.335 e. The van der Waals surface area contributed by atoms with Gasteiger partial charge in [0.15, 0.2) is 17.0 Å². The molecule has 124 valence electrons. The second-order valence-electron chi connectivity index (χ2n) is 4.74. The second kappa shape index (κ2) is 7.04. The van der Waals surface area contributed by atoms with Crippen LogP contribution in [0.5, 0.6) is 0 Å². The third-order valence-corrected chi connectivity index (χ3v) is 3.11. The van der Waals surface area contributed by atoms with Crippen molar-refractivity contribution in [2.75, 3.05) is 16.8 Å². The van der Waals surface area contributed by atoms with E-state index in [9.17, 15) is 4.79 Å². The van der Waals surface area contributed by atoms with Crippen LogP contribution in [0.4, 0.5) is 17.5 Å². The highest BCUT2D eigenvalue weighted by atomic mass is 79.9. The van der Waals surface area contributed by atoms with Gasteiger partial charge in [0.1, 0.15) is 0 Å². The number of fused-ring (bicyclic) bond motifs is 1. The molecule has 0 fully saturated rings. The number of nitrogens with two attached hydrogens (primary N) is 2. The van der Waals surface area contributed by atoms with E-state index in [1.807, 2.05) is 0 Å². The molecule has 0 spiro atoms. The zero-order valence-electron chi connectivity index (χ0n) is 12.3. The van der Waals surface area contributed by atoms with Crippen molar-refractivity contribution in [2.45, 2.75) is 6.54 Å². The predicted octanol–water partition coefficient (Wildman–Crippen LogP) is 1.47. The summed E-state index contributed by atoms with van der Waals surface area (Å²) >= 11 is 0. The van der Waals surface area contributed by atoms with E-state index in [1.54, 1.807) is 18.3 Å². The molecule has 1 aromatic carbocycles. The van der Waals surface area contributed by atoms with Crippen LogP contribution in [0.2, 0.25) is 0 Å². The molecule has 2 heterocycles. The van der Waals surface area contributed by atoms with Crippen LogP contribution in [0.25, 0.3) is 11.2 Å². The lowest BCUT2D eigenvalue weighted by molar-refractivity contribution is 0.0697. The summed E-state index contributed by atoms with van der Waals surface area (Å²) in [5.74, 6) is -0.743. The first-order chi connectivity index (χ1) is 11.0. The number of aromatic nitrogens is 4. The molecular formula is C14H14BrN7O2. The van der Waals surface area contributed by atoms with Crippen molar-refractivity contribution in [2.24, 2.45) is 0 Å². The quantitative estimate of drug-likeness (QED) is 0.517. The molecule has 0 amide bonds. The second-order valence-corrected chi connectivity index (χ2v) is 4.74. The standard InChI is InChI=1S/C14H13N7O2.BrH/c15-11-10-12(21-14(16)20-11)18-6-9(19-10)5-17-8-3-1-7(2-4-8)13(22)23;/h1-4,6,17H,5H2,(H,22,23)(H4,15,16,18,20,21);1H. The van der Waals surface area contributed by atoms with Crippen molar-refractivity contribution in [3.8, 4) is 0 Å². The summed E-state index contributed by atoms with van der Waals surface area (Å²) in [5.41, 5.74) is 13.6. The number of nitrogens with zero attached hydrogens (tertiary/aromatic N) is 4. The van der Waals surface area contributed by atoms with Gasteiger partial charge in [0, 0.05) is 5.69 Å². The highest BCUT2D eigenvalue weighted by Gasteiger charge is 2.08. The van der Waals surface area contributed by atoms with Crippen molar-refractivity contribution >= 4 is 51.6 Å². The molecule has 3 aromatic rings. The van der Waals surface area contributed by atoms with Crippen LogP contribution in [0, 0.1) is 0 Å². The largest absolute Gasteiger partial charge is 0.478 e. The minimum atomic E-state index is -0.966. The molecule has 0 saturated carbocycles. The van der Waals surface area contributed by atoms with Gasteiger partial charge < -0.3 is 21.9 Å². The van der Waals surface area contributed by atoms with Gasteiger partial charge >= 0.3 is 5.97 Å². The molecule has 0 saturated heterocycles. The van der Waals surface area contributed by atoms with Gasteiger partial charge in [-0.05, 0) is 24.3 Å². The number of nitrogen functional groups attached to an aromatic ring is 2. The zero-order valence-corrected chi connectivity index (χ0v) is 14.0. The van der Waals surface area contributed by atoms with Crippen LogP contribution < -0.4 is 16.8 Å². The number of carboxylic acids is 1. The van der Waals surface area contributed by atoms with Crippen LogP contribution in [0.15, 0.2) is 30.5 Å². The Morgan fingerprint density at radius 1 is 1.12 bits per heavy atom. The molecule has 0 aliphatic heterocycles. The summed E-state index contributed by atoms with van der Waals surface area (Å²) in [5, 5.41) is 12.0. The number of carboxylic acid groups (broad SMARTS) is 1. The van der Waals surface area contributed by atoms with Gasteiger partial charge in [-0.15, -0.1) is 17.0 Å². The highest BCUT2D eigenvalue weighted by molar-refractivity contribution is 8.93. The summed E-state index contributed by atoms with van der Waals surface area (Å²) < 4.78 is 0. The molecule has 9 nitrogen and oxygen atoms in total. The lowest BCUT2D eigenvalue weighted by atomic mass is 10.2. The van der Waals surface area contributed by atoms with Crippen LogP contribution >= 0.6 is 17.0 Å². The average molecular weight is 392 g/mol. The van der Waals surface area contributed by atoms with E-state index in [4.69, 9.17) is 16.6 Å². The van der Waals surface area contributed by atoms with Crippen molar-refractivity contribution in [3.63, 3.8) is 0 Å². The number of hydrogen-bond acceptors (Lipinski definition) is 8. The number of rotatable bonds is 4. The molecular weight excluding hydrogens is 378 g/mol. The fraction of sp³-hybridized carbons (Fsp3) is 0.0714. The molecule has 10 heteroatoms. The smallest absolute Gasteiger partial charge is 0.335 e. The zero-order chi connectivity index (χ0) is 16.4. The lowest BCUT2D eigenvalue weighted by Gasteiger charge is -2.07. The molecule has 0 aliphatic rings. The van der Waals surface area contributed by atoms with E-state index < -0.39 is 5.97 Å². The first-order valence-corrected chi connectivity index (χ1v) is 6.65. The summed E-state index contributed by atoms with van der Waals surface area (Å²) in [7, 11) is 0. The Labute approximate surface area is 146 Å². The van der Waals surface area contributed by atoms with E-state index in [-0.39, 0.29) is 34.3 Å². The van der Waals surface area contributed by atoms with Gasteiger partial charge in [0.2, 0.25) is 5.95 Å². The van der Waals surface area contributed by atoms with Crippen LogP contribution in [0.1, 0.15) is 16.1 Å². The van der Waals surface area contributed by atoms with Crippen LogP contribution in [-0.4, -0.2) is 31.0 Å². The fourth-order valence-electron chi connectivity index (χ4n) is 1.99. The Kier molecular flexibility index (Phi) is 5.09.